The van der Waals surface area contributed by atoms with Gasteiger partial charge in [-0.05, 0) is 31.2 Å². The minimum atomic E-state index is -3.44. The van der Waals surface area contributed by atoms with Crippen molar-refractivity contribution in [3.63, 3.8) is 0 Å². The Morgan fingerprint density at radius 1 is 1.29 bits per heavy atom. The van der Waals surface area contributed by atoms with Crippen LogP contribution in [0.2, 0.25) is 0 Å². The Balaban J connectivity index is 2.10. The van der Waals surface area contributed by atoms with Crippen molar-refractivity contribution in [1.29, 1.82) is 0 Å². The van der Waals surface area contributed by atoms with Crippen molar-refractivity contribution >= 4 is 16.0 Å². The third-order valence-corrected chi connectivity index (χ3v) is 5.29. The molecule has 5 nitrogen and oxygen atoms in total. The molecule has 0 aliphatic heterocycles. The molecule has 1 fully saturated rings. The molecule has 0 saturated heterocycles. The second-order valence-electron chi connectivity index (χ2n) is 5.28. The van der Waals surface area contributed by atoms with Gasteiger partial charge in [0, 0.05) is 6.54 Å². The van der Waals surface area contributed by atoms with Crippen LogP contribution in [-0.2, 0) is 26.1 Å². The number of nitrogens with zero attached hydrogens (tertiary/aromatic N) is 1. The van der Waals surface area contributed by atoms with Gasteiger partial charge in [-0.2, -0.15) is 4.31 Å². The molecule has 0 bridgehead atoms. The highest BCUT2D eigenvalue weighted by Crippen LogP contribution is 2.31. The van der Waals surface area contributed by atoms with E-state index in [1.165, 1.54) is 4.31 Å². The molecule has 0 amide bonds. The van der Waals surface area contributed by atoms with E-state index in [1.54, 1.807) is 6.92 Å². The monoisotopic (exact) mass is 311 g/mol. The second-order valence-corrected chi connectivity index (χ2v) is 7.29. The van der Waals surface area contributed by atoms with Crippen molar-refractivity contribution in [3.05, 3.63) is 35.9 Å². The lowest BCUT2D eigenvalue weighted by Gasteiger charge is -2.21. The van der Waals surface area contributed by atoms with E-state index < -0.39 is 16.0 Å². The quantitative estimate of drug-likeness (QED) is 0.687. The molecule has 0 aromatic heterocycles. The maximum absolute atomic E-state index is 12.4. The van der Waals surface area contributed by atoms with Gasteiger partial charge in [0.05, 0.1) is 12.4 Å². The summed E-state index contributed by atoms with van der Waals surface area (Å²) in [6.07, 6.45) is 1.91. The van der Waals surface area contributed by atoms with Crippen LogP contribution in [0.4, 0.5) is 0 Å². The van der Waals surface area contributed by atoms with Gasteiger partial charge >= 0.3 is 5.97 Å². The van der Waals surface area contributed by atoms with E-state index in [2.05, 4.69) is 0 Å². The van der Waals surface area contributed by atoms with Crippen molar-refractivity contribution in [2.24, 2.45) is 5.92 Å². The molecule has 2 rings (SSSR count). The first-order chi connectivity index (χ1) is 10.0. The Morgan fingerprint density at radius 3 is 2.52 bits per heavy atom. The van der Waals surface area contributed by atoms with Crippen LogP contribution in [0, 0.1) is 5.92 Å². The van der Waals surface area contributed by atoms with Crippen LogP contribution >= 0.6 is 0 Å². The minimum Gasteiger partial charge on any atom is -0.465 e. The van der Waals surface area contributed by atoms with Gasteiger partial charge in [-0.15, -0.1) is 0 Å². The third kappa shape index (κ3) is 5.13. The van der Waals surface area contributed by atoms with Gasteiger partial charge < -0.3 is 4.74 Å². The lowest BCUT2D eigenvalue weighted by Crippen LogP contribution is -2.37. The fourth-order valence-corrected chi connectivity index (χ4v) is 3.87. The normalized spacial score (nSPS) is 15.1. The number of ether oxygens (including phenoxy) is 1. The molecule has 6 heteroatoms. The summed E-state index contributed by atoms with van der Waals surface area (Å²) >= 11 is 0. The van der Waals surface area contributed by atoms with Crippen LogP contribution in [0.25, 0.3) is 0 Å². The summed E-state index contributed by atoms with van der Waals surface area (Å²) in [5.41, 5.74) is 0.862. The molecule has 0 N–H and O–H groups in total. The number of carbonyl (C=O) groups excluding carboxylic acids is 1. The molecule has 0 unspecified atom stereocenters. The Labute approximate surface area is 126 Å². The summed E-state index contributed by atoms with van der Waals surface area (Å²) in [5.74, 6) is -0.137. The van der Waals surface area contributed by atoms with Crippen molar-refractivity contribution in [1.82, 2.24) is 4.31 Å². The molecular weight excluding hydrogens is 290 g/mol. The van der Waals surface area contributed by atoms with E-state index in [1.807, 2.05) is 30.3 Å². The average Bonchev–Trinajstić information content (AvgIpc) is 3.23. The summed E-state index contributed by atoms with van der Waals surface area (Å²) in [6.45, 7) is 1.94. The first-order valence-corrected chi connectivity index (χ1v) is 8.79. The molecule has 1 aliphatic carbocycles. The lowest BCUT2D eigenvalue weighted by molar-refractivity contribution is -0.143. The SMILES string of the molecule is CCOC(=O)CN(Cc1ccccc1)S(=O)(=O)CC1CC1. The van der Waals surface area contributed by atoms with Crippen LogP contribution in [0.15, 0.2) is 30.3 Å². The van der Waals surface area contributed by atoms with Crippen LogP contribution in [-0.4, -0.2) is 37.6 Å². The highest BCUT2D eigenvalue weighted by molar-refractivity contribution is 7.89. The van der Waals surface area contributed by atoms with Crippen LogP contribution in [0.3, 0.4) is 0 Å². The summed E-state index contributed by atoms with van der Waals surface area (Å²) in [5, 5.41) is 0. The number of carbonyl (C=O) groups is 1. The number of sulfonamides is 1. The molecule has 1 aromatic carbocycles. The van der Waals surface area contributed by atoms with Crippen molar-refractivity contribution in [2.45, 2.75) is 26.3 Å². The van der Waals surface area contributed by atoms with Crippen LogP contribution < -0.4 is 0 Å². The van der Waals surface area contributed by atoms with Gasteiger partial charge in [0.25, 0.3) is 0 Å². The predicted octanol–water partition coefficient (Wildman–Crippen LogP) is 1.79. The fourth-order valence-electron chi connectivity index (χ4n) is 2.08. The van der Waals surface area contributed by atoms with Gasteiger partial charge in [0.1, 0.15) is 6.54 Å². The smallest absolute Gasteiger partial charge is 0.321 e. The van der Waals surface area contributed by atoms with E-state index in [0.717, 1.165) is 18.4 Å². The zero-order valence-electron chi connectivity index (χ0n) is 12.2. The maximum atomic E-state index is 12.4. The molecule has 1 aromatic rings. The van der Waals surface area contributed by atoms with Crippen molar-refractivity contribution in [3.8, 4) is 0 Å². The number of esters is 1. The highest BCUT2D eigenvalue weighted by atomic mass is 32.2. The van der Waals surface area contributed by atoms with E-state index in [0.29, 0.717) is 0 Å². The molecule has 0 atom stereocenters. The highest BCUT2D eigenvalue weighted by Gasteiger charge is 2.33. The number of benzene rings is 1. The predicted molar refractivity (Wildman–Crippen MR) is 80.0 cm³/mol. The molecule has 21 heavy (non-hydrogen) atoms. The standard InChI is InChI=1S/C15H21NO4S/c1-2-20-15(17)11-16(10-13-6-4-3-5-7-13)21(18,19)12-14-8-9-14/h3-7,14H,2,8-12H2,1H3. The van der Waals surface area contributed by atoms with Gasteiger partial charge in [-0.1, -0.05) is 30.3 Å². The van der Waals surface area contributed by atoms with E-state index >= 15 is 0 Å². The first kappa shape index (κ1) is 16.0. The molecule has 116 valence electrons. The third-order valence-electron chi connectivity index (χ3n) is 3.35. The van der Waals surface area contributed by atoms with Crippen LogP contribution in [0.1, 0.15) is 25.3 Å². The Bertz CT molecular complexity index is 567. The second kappa shape index (κ2) is 7.04. The Kier molecular flexibility index (Phi) is 5.36. The Hall–Kier alpha value is -1.40. The number of hydrogen-bond acceptors (Lipinski definition) is 4. The number of hydrogen-bond donors (Lipinski definition) is 0. The Morgan fingerprint density at radius 2 is 1.95 bits per heavy atom. The lowest BCUT2D eigenvalue weighted by atomic mass is 10.2. The molecular formula is C15H21NO4S. The molecule has 1 saturated carbocycles. The van der Waals surface area contributed by atoms with Crippen molar-refractivity contribution in [2.75, 3.05) is 18.9 Å². The maximum Gasteiger partial charge on any atom is 0.321 e. The zero-order chi connectivity index (χ0) is 15.3. The minimum absolute atomic E-state index is 0.124. The topological polar surface area (TPSA) is 63.7 Å². The van der Waals surface area contributed by atoms with Crippen molar-refractivity contribution < 1.29 is 17.9 Å². The van der Waals surface area contributed by atoms with Crippen LogP contribution in [0.5, 0.6) is 0 Å². The van der Waals surface area contributed by atoms with E-state index in [-0.39, 0.29) is 31.4 Å². The van der Waals surface area contributed by atoms with Gasteiger partial charge in [-0.3, -0.25) is 4.79 Å². The average molecular weight is 311 g/mol. The first-order valence-electron chi connectivity index (χ1n) is 7.18. The largest absolute Gasteiger partial charge is 0.465 e. The summed E-state index contributed by atoms with van der Waals surface area (Å²) in [6, 6.07) is 9.28. The van der Waals surface area contributed by atoms with Gasteiger partial charge in [-0.25, -0.2) is 8.42 Å². The van der Waals surface area contributed by atoms with Gasteiger partial charge in [0.2, 0.25) is 10.0 Å². The molecule has 0 radical (unpaired) electrons. The molecule has 0 heterocycles. The molecule has 1 aliphatic rings. The summed E-state index contributed by atoms with van der Waals surface area (Å²) < 4.78 is 31.0. The zero-order valence-corrected chi connectivity index (χ0v) is 13.0. The fraction of sp³-hybridized carbons (Fsp3) is 0.533. The number of rotatable bonds is 8. The summed E-state index contributed by atoms with van der Waals surface area (Å²) in [4.78, 5) is 11.7. The van der Waals surface area contributed by atoms with Gasteiger partial charge in [0.15, 0.2) is 0 Å². The summed E-state index contributed by atoms with van der Waals surface area (Å²) in [7, 11) is -3.44. The van der Waals surface area contributed by atoms with E-state index in [9.17, 15) is 13.2 Å². The van der Waals surface area contributed by atoms with E-state index in [4.69, 9.17) is 4.74 Å². The molecule has 0 spiro atoms.